The second kappa shape index (κ2) is 6.71. The van der Waals surface area contributed by atoms with Crippen LogP contribution < -0.4 is 10.1 Å². The first-order valence-corrected chi connectivity index (χ1v) is 6.70. The van der Waals surface area contributed by atoms with E-state index in [0.29, 0.717) is 5.56 Å². The van der Waals surface area contributed by atoms with Gasteiger partial charge in [0.25, 0.3) is 11.6 Å². The Balaban J connectivity index is 2.05. The fraction of sp³-hybridized carbons (Fsp3) is 0.188. The van der Waals surface area contributed by atoms with Gasteiger partial charge < -0.3 is 10.1 Å². The van der Waals surface area contributed by atoms with Crippen LogP contribution in [0, 0.1) is 10.1 Å². The molecule has 0 aliphatic carbocycles. The average Bonchev–Trinajstić information content (AvgIpc) is 2.54. The maximum Gasteiger partial charge on any atom is 0.269 e. The molecule has 1 amide bonds. The fourth-order valence-electron chi connectivity index (χ4n) is 1.99. The van der Waals surface area contributed by atoms with E-state index in [2.05, 4.69) is 5.32 Å². The summed E-state index contributed by atoms with van der Waals surface area (Å²) in [5, 5.41) is 13.4. The Hall–Kier alpha value is -2.89. The minimum absolute atomic E-state index is 0.0419. The maximum atomic E-state index is 12.1. The third-order valence-corrected chi connectivity index (χ3v) is 3.30. The summed E-state index contributed by atoms with van der Waals surface area (Å²) in [4.78, 5) is 22.2. The normalized spacial score (nSPS) is 11.5. The first-order chi connectivity index (χ1) is 10.5. The number of carbonyl (C=O) groups excluding carboxylic acids is 1. The van der Waals surface area contributed by atoms with E-state index in [-0.39, 0.29) is 17.6 Å². The molecule has 22 heavy (non-hydrogen) atoms. The summed E-state index contributed by atoms with van der Waals surface area (Å²) in [6.07, 6.45) is 0. The zero-order valence-corrected chi connectivity index (χ0v) is 12.3. The third-order valence-electron chi connectivity index (χ3n) is 3.30. The van der Waals surface area contributed by atoms with Crippen LogP contribution in [0.2, 0.25) is 0 Å². The molecule has 1 N–H and O–H groups in total. The summed E-state index contributed by atoms with van der Waals surface area (Å²) in [6.45, 7) is 1.87. The van der Waals surface area contributed by atoms with Crippen molar-refractivity contribution in [1.29, 1.82) is 0 Å². The molecule has 0 spiro atoms. The minimum atomic E-state index is -0.498. The number of benzene rings is 2. The van der Waals surface area contributed by atoms with Crippen LogP contribution in [0.25, 0.3) is 0 Å². The van der Waals surface area contributed by atoms with Crippen molar-refractivity contribution < 1.29 is 14.5 Å². The first-order valence-electron chi connectivity index (χ1n) is 6.70. The molecule has 1 atom stereocenters. The summed E-state index contributed by atoms with van der Waals surface area (Å²) in [6, 6.07) is 12.7. The maximum absolute atomic E-state index is 12.1. The Labute approximate surface area is 127 Å². The van der Waals surface area contributed by atoms with E-state index in [1.165, 1.54) is 24.3 Å². The fourth-order valence-corrected chi connectivity index (χ4v) is 1.99. The highest BCUT2D eigenvalue weighted by molar-refractivity contribution is 5.94. The Kier molecular flexibility index (Phi) is 4.73. The molecule has 2 aromatic carbocycles. The van der Waals surface area contributed by atoms with Gasteiger partial charge in [-0.1, -0.05) is 12.1 Å². The van der Waals surface area contributed by atoms with E-state index in [1.807, 2.05) is 31.2 Å². The van der Waals surface area contributed by atoms with Crippen LogP contribution in [0.15, 0.2) is 48.5 Å². The highest BCUT2D eigenvalue weighted by Crippen LogP contribution is 2.18. The highest BCUT2D eigenvalue weighted by Gasteiger charge is 2.13. The van der Waals surface area contributed by atoms with Gasteiger partial charge in [-0.3, -0.25) is 14.9 Å². The quantitative estimate of drug-likeness (QED) is 0.679. The third kappa shape index (κ3) is 3.60. The van der Waals surface area contributed by atoms with Crippen LogP contribution in [0.5, 0.6) is 5.75 Å². The number of nitro groups is 1. The van der Waals surface area contributed by atoms with Crippen molar-refractivity contribution in [2.75, 3.05) is 7.11 Å². The van der Waals surface area contributed by atoms with Crippen molar-refractivity contribution >= 4 is 11.6 Å². The lowest BCUT2D eigenvalue weighted by Gasteiger charge is -2.14. The van der Waals surface area contributed by atoms with Crippen LogP contribution in [0.4, 0.5) is 5.69 Å². The van der Waals surface area contributed by atoms with Gasteiger partial charge in [0, 0.05) is 17.7 Å². The molecule has 0 unspecified atom stereocenters. The van der Waals surface area contributed by atoms with Crippen LogP contribution in [-0.4, -0.2) is 17.9 Å². The van der Waals surface area contributed by atoms with E-state index >= 15 is 0 Å². The molecule has 0 heterocycles. The second-order valence-corrected chi connectivity index (χ2v) is 4.77. The Morgan fingerprint density at radius 2 is 1.73 bits per heavy atom. The topological polar surface area (TPSA) is 81.5 Å². The number of carbonyl (C=O) groups is 1. The molecular formula is C16H16N2O4. The van der Waals surface area contributed by atoms with Crippen molar-refractivity contribution in [2.24, 2.45) is 0 Å². The molecule has 114 valence electrons. The summed E-state index contributed by atoms with van der Waals surface area (Å²) < 4.78 is 5.09. The Bertz CT molecular complexity index is 666. The largest absolute Gasteiger partial charge is 0.497 e. The molecule has 0 aliphatic heterocycles. The molecule has 0 aliphatic rings. The van der Waals surface area contributed by atoms with Gasteiger partial charge in [0.1, 0.15) is 5.75 Å². The van der Waals surface area contributed by atoms with Gasteiger partial charge >= 0.3 is 0 Å². The zero-order valence-electron chi connectivity index (χ0n) is 12.3. The van der Waals surface area contributed by atoms with E-state index < -0.39 is 4.92 Å². The lowest BCUT2D eigenvalue weighted by Crippen LogP contribution is -2.26. The molecular weight excluding hydrogens is 284 g/mol. The highest BCUT2D eigenvalue weighted by atomic mass is 16.6. The van der Waals surface area contributed by atoms with Crippen LogP contribution in [-0.2, 0) is 0 Å². The van der Waals surface area contributed by atoms with Gasteiger partial charge in [0.15, 0.2) is 0 Å². The molecule has 0 radical (unpaired) electrons. The number of nitro benzene ring substituents is 1. The first kappa shape index (κ1) is 15.5. The lowest BCUT2D eigenvalue weighted by molar-refractivity contribution is -0.384. The van der Waals surface area contributed by atoms with Gasteiger partial charge in [-0.05, 0) is 36.8 Å². The van der Waals surface area contributed by atoms with E-state index in [4.69, 9.17) is 4.74 Å². The van der Waals surface area contributed by atoms with Crippen LogP contribution >= 0.6 is 0 Å². The molecule has 6 heteroatoms. The molecule has 2 aromatic rings. The monoisotopic (exact) mass is 300 g/mol. The van der Waals surface area contributed by atoms with Crippen molar-refractivity contribution in [3.05, 3.63) is 69.8 Å². The molecule has 2 rings (SSSR count). The SMILES string of the molecule is COc1ccc([C@@H](C)NC(=O)c2ccc([N+](=O)[O-])cc2)cc1. The Morgan fingerprint density at radius 1 is 1.14 bits per heavy atom. The van der Waals surface area contributed by atoms with Gasteiger partial charge in [-0.25, -0.2) is 0 Å². The summed E-state index contributed by atoms with van der Waals surface area (Å²) in [7, 11) is 1.59. The Morgan fingerprint density at radius 3 is 2.23 bits per heavy atom. The minimum Gasteiger partial charge on any atom is -0.497 e. The molecule has 0 aromatic heterocycles. The van der Waals surface area contributed by atoms with Crippen molar-refractivity contribution in [1.82, 2.24) is 5.32 Å². The number of nitrogens with one attached hydrogen (secondary N) is 1. The molecule has 0 fully saturated rings. The van der Waals surface area contributed by atoms with E-state index in [0.717, 1.165) is 11.3 Å². The number of rotatable bonds is 5. The average molecular weight is 300 g/mol. The number of nitrogens with zero attached hydrogens (tertiary/aromatic N) is 1. The number of hydrogen-bond acceptors (Lipinski definition) is 4. The molecule has 0 saturated carbocycles. The van der Waals surface area contributed by atoms with Gasteiger partial charge in [0.2, 0.25) is 0 Å². The molecule has 0 bridgehead atoms. The van der Waals surface area contributed by atoms with E-state index in [1.54, 1.807) is 7.11 Å². The second-order valence-electron chi connectivity index (χ2n) is 4.77. The number of ether oxygens (including phenoxy) is 1. The standard InChI is InChI=1S/C16H16N2O4/c1-11(12-5-9-15(22-2)10-6-12)17-16(19)13-3-7-14(8-4-13)18(20)21/h3-11H,1-2H3,(H,17,19)/t11-/m1/s1. The predicted molar refractivity (Wildman–Crippen MR) is 82.0 cm³/mol. The summed E-state index contributed by atoms with van der Waals surface area (Å²) in [5.41, 5.74) is 1.28. The van der Waals surface area contributed by atoms with E-state index in [9.17, 15) is 14.9 Å². The summed E-state index contributed by atoms with van der Waals surface area (Å²) >= 11 is 0. The number of non-ortho nitro benzene ring substituents is 1. The predicted octanol–water partition coefficient (Wildman–Crippen LogP) is 3.09. The van der Waals surface area contributed by atoms with Crippen molar-refractivity contribution in [2.45, 2.75) is 13.0 Å². The molecule has 0 saturated heterocycles. The van der Waals surface area contributed by atoms with Gasteiger partial charge in [0.05, 0.1) is 18.1 Å². The van der Waals surface area contributed by atoms with Gasteiger partial charge in [-0.2, -0.15) is 0 Å². The zero-order chi connectivity index (χ0) is 16.1. The van der Waals surface area contributed by atoms with Crippen LogP contribution in [0.3, 0.4) is 0 Å². The number of hydrogen-bond donors (Lipinski definition) is 1. The van der Waals surface area contributed by atoms with Crippen LogP contribution in [0.1, 0.15) is 28.9 Å². The smallest absolute Gasteiger partial charge is 0.269 e. The summed E-state index contributed by atoms with van der Waals surface area (Å²) in [5.74, 6) is 0.468. The number of methoxy groups -OCH3 is 1. The van der Waals surface area contributed by atoms with Crippen molar-refractivity contribution in [3.63, 3.8) is 0 Å². The lowest BCUT2D eigenvalue weighted by atomic mass is 10.1. The van der Waals surface area contributed by atoms with Gasteiger partial charge in [-0.15, -0.1) is 0 Å². The number of amides is 1. The molecule has 6 nitrogen and oxygen atoms in total. The van der Waals surface area contributed by atoms with Crippen molar-refractivity contribution in [3.8, 4) is 5.75 Å².